The summed E-state index contributed by atoms with van der Waals surface area (Å²) in [7, 11) is 0. The van der Waals surface area contributed by atoms with E-state index in [1.54, 1.807) is 12.1 Å². The first-order chi connectivity index (χ1) is 8.60. The number of unbranched alkanes of at least 4 members (excludes halogenated alkanes) is 1. The first-order valence-electron chi connectivity index (χ1n) is 5.91. The molecule has 0 radical (unpaired) electrons. The average molecular weight is 247 g/mol. The maximum Gasteiger partial charge on any atom is 0.269 e. The summed E-state index contributed by atoms with van der Waals surface area (Å²) >= 11 is 0. The minimum Gasteiger partial charge on any atom is -0.383 e. The minimum atomic E-state index is -0.783. The molecule has 1 atom stereocenters. The van der Waals surface area contributed by atoms with Crippen molar-refractivity contribution in [3.05, 3.63) is 57.8 Å². The van der Waals surface area contributed by atoms with Crippen LogP contribution in [0, 0.1) is 10.1 Å². The molecule has 96 valence electrons. The fourth-order valence-electron chi connectivity index (χ4n) is 1.67. The Balaban J connectivity index is 2.85. The average Bonchev–Trinajstić information content (AvgIpc) is 2.39. The van der Waals surface area contributed by atoms with Crippen molar-refractivity contribution >= 4 is 5.69 Å². The highest BCUT2D eigenvalue weighted by Gasteiger charge is 2.14. The van der Waals surface area contributed by atoms with E-state index in [9.17, 15) is 15.2 Å². The van der Waals surface area contributed by atoms with Crippen molar-refractivity contribution in [2.24, 2.45) is 0 Å². The van der Waals surface area contributed by atoms with Gasteiger partial charge in [-0.15, -0.1) is 5.73 Å². The van der Waals surface area contributed by atoms with Crippen LogP contribution >= 0.6 is 0 Å². The molecular formula is C14H17NO3. The third-order valence-electron chi connectivity index (χ3n) is 2.78. The molecule has 0 aliphatic carbocycles. The number of nitro groups is 1. The highest BCUT2D eigenvalue weighted by atomic mass is 16.6. The van der Waals surface area contributed by atoms with Gasteiger partial charge in [-0.2, -0.15) is 0 Å². The Bertz CT molecular complexity index is 458. The van der Waals surface area contributed by atoms with Crippen LogP contribution in [0.25, 0.3) is 0 Å². The monoisotopic (exact) mass is 247 g/mol. The summed E-state index contributed by atoms with van der Waals surface area (Å²) in [5.41, 5.74) is 4.13. The fourth-order valence-corrected chi connectivity index (χ4v) is 1.67. The summed E-state index contributed by atoms with van der Waals surface area (Å²) in [6.45, 7) is 5.64. The summed E-state index contributed by atoms with van der Waals surface area (Å²) in [5, 5.41) is 20.7. The first kappa shape index (κ1) is 14.2. The van der Waals surface area contributed by atoms with Crippen molar-refractivity contribution < 1.29 is 10.0 Å². The van der Waals surface area contributed by atoms with Crippen LogP contribution in [-0.4, -0.2) is 10.0 Å². The maximum atomic E-state index is 10.5. The molecule has 1 N–H and O–H groups in total. The van der Waals surface area contributed by atoms with E-state index >= 15 is 0 Å². The SMILES string of the molecule is C=C=C(CCCC)C(O)c1ccc([N+](=O)[O-])cc1. The van der Waals surface area contributed by atoms with E-state index in [1.165, 1.54) is 12.1 Å². The predicted octanol–water partition coefficient (Wildman–Crippen LogP) is 3.53. The number of hydrogen-bond donors (Lipinski definition) is 1. The zero-order valence-corrected chi connectivity index (χ0v) is 10.4. The van der Waals surface area contributed by atoms with Gasteiger partial charge in [0.05, 0.1) is 4.92 Å². The highest BCUT2D eigenvalue weighted by molar-refractivity contribution is 5.36. The molecule has 4 nitrogen and oxygen atoms in total. The van der Waals surface area contributed by atoms with E-state index < -0.39 is 11.0 Å². The Morgan fingerprint density at radius 2 is 2.11 bits per heavy atom. The molecule has 0 aliphatic rings. The summed E-state index contributed by atoms with van der Waals surface area (Å²) < 4.78 is 0. The van der Waals surface area contributed by atoms with Gasteiger partial charge in [0.25, 0.3) is 5.69 Å². The van der Waals surface area contributed by atoms with Crippen LogP contribution in [-0.2, 0) is 0 Å². The van der Waals surface area contributed by atoms with Crippen molar-refractivity contribution in [3.8, 4) is 0 Å². The second-order valence-corrected chi connectivity index (χ2v) is 4.06. The molecule has 18 heavy (non-hydrogen) atoms. The first-order valence-corrected chi connectivity index (χ1v) is 5.91. The number of rotatable bonds is 6. The van der Waals surface area contributed by atoms with Crippen LogP contribution in [0.5, 0.6) is 0 Å². The Labute approximate surface area is 106 Å². The van der Waals surface area contributed by atoms with E-state index in [-0.39, 0.29) is 5.69 Å². The van der Waals surface area contributed by atoms with Gasteiger partial charge in [-0.05, 0) is 30.5 Å². The van der Waals surface area contributed by atoms with Crippen molar-refractivity contribution in [2.45, 2.75) is 32.3 Å². The molecule has 1 aromatic rings. The van der Waals surface area contributed by atoms with Gasteiger partial charge in [0.2, 0.25) is 0 Å². The number of nitrogens with zero attached hydrogens (tertiary/aromatic N) is 1. The van der Waals surface area contributed by atoms with Crippen molar-refractivity contribution in [1.29, 1.82) is 0 Å². The lowest BCUT2D eigenvalue weighted by atomic mass is 9.98. The van der Waals surface area contributed by atoms with E-state index in [4.69, 9.17) is 0 Å². The fraction of sp³-hybridized carbons (Fsp3) is 0.357. The topological polar surface area (TPSA) is 63.4 Å². The molecule has 0 bridgehead atoms. The lowest BCUT2D eigenvalue weighted by Gasteiger charge is -2.13. The predicted molar refractivity (Wildman–Crippen MR) is 70.2 cm³/mol. The largest absolute Gasteiger partial charge is 0.383 e. The summed E-state index contributed by atoms with van der Waals surface area (Å²) in [6.07, 6.45) is 1.94. The van der Waals surface area contributed by atoms with Crippen LogP contribution in [0.15, 0.2) is 42.1 Å². The molecule has 0 saturated carbocycles. The smallest absolute Gasteiger partial charge is 0.269 e. The quantitative estimate of drug-likeness (QED) is 0.475. The molecule has 1 rings (SSSR count). The van der Waals surface area contributed by atoms with Crippen molar-refractivity contribution in [3.63, 3.8) is 0 Å². The number of benzene rings is 1. The molecule has 1 aromatic carbocycles. The van der Waals surface area contributed by atoms with Crippen LogP contribution in [0.3, 0.4) is 0 Å². The summed E-state index contributed by atoms with van der Waals surface area (Å²) in [4.78, 5) is 10.1. The maximum absolute atomic E-state index is 10.5. The van der Waals surface area contributed by atoms with Gasteiger partial charge in [-0.25, -0.2) is 0 Å². The lowest BCUT2D eigenvalue weighted by Crippen LogP contribution is -2.01. The number of aliphatic hydroxyl groups excluding tert-OH is 1. The van der Waals surface area contributed by atoms with Gasteiger partial charge in [0.15, 0.2) is 0 Å². The minimum absolute atomic E-state index is 0.0173. The molecule has 0 heterocycles. The number of hydrogen-bond acceptors (Lipinski definition) is 3. The number of aliphatic hydroxyl groups is 1. The standard InChI is InChI=1S/C14H17NO3/c1-3-5-6-11(4-2)14(16)12-7-9-13(10-8-12)15(17)18/h7-10,14,16H,2-3,5-6H2,1H3. The Kier molecular flexibility index (Phi) is 5.31. The van der Waals surface area contributed by atoms with E-state index in [2.05, 4.69) is 19.2 Å². The molecular weight excluding hydrogens is 230 g/mol. The van der Waals surface area contributed by atoms with Crippen LogP contribution < -0.4 is 0 Å². The Hall–Kier alpha value is -1.90. The number of non-ortho nitro benzene ring substituents is 1. The Morgan fingerprint density at radius 3 is 2.56 bits per heavy atom. The zero-order chi connectivity index (χ0) is 13.5. The Morgan fingerprint density at radius 1 is 1.50 bits per heavy atom. The van der Waals surface area contributed by atoms with Crippen LogP contribution in [0.2, 0.25) is 0 Å². The van der Waals surface area contributed by atoms with E-state index in [1.807, 2.05) is 0 Å². The molecule has 4 heteroatoms. The zero-order valence-electron chi connectivity index (χ0n) is 10.4. The van der Waals surface area contributed by atoms with E-state index in [0.29, 0.717) is 5.56 Å². The third-order valence-corrected chi connectivity index (χ3v) is 2.78. The molecule has 0 saturated heterocycles. The number of nitro benzene ring substituents is 1. The summed E-state index contributed by atoms with van der Waals surface area (Å²) in [5.74, 6) is 0. The summed E-state index contributed by atoms with van der Waals surface area (Å²) in [6, 6.07) is 5.90. The molecule has 0 spiro atoms. The van der Waals surface area contributed by atoms with Gasteiger partial charge >= 0.3 is 0 Å². The highest BCUT2D eigenvalue weighted by Crippen LogP contribution is 2.26. The van der Waals surface area contributed by atoms with Gasteiger partial charge in [-0.3, -0.25) is 10.1 Å². The van der Waals surface area contributed by atoms with Gasteiger partial charge in [0, 0.05) is 17.7 Å². The second kappa shape index (κ2) is 6.74. The molecule has 0 aliphatic heterocycles. The molecule has 1 unspecified atom stereocenters. The van der Waals surface area contributed by atoms with Gasteiger partial charge in [0.1, 0.15) is 6.10 Å². The normalized spacial score (nSPS) is 11.7. The third kappa shape index (κ3) is 3.55. The van der Waals surface area contributed by atoms with Crippen LogP contribution in [0.4, 0.5) is 5.69 Å². The second-order valence-electron chi connectivity index (χ2n) is 4.06. The van der Waals surface area contributed by atoms with Crippen molar-refractivity contribution in [2.75, 3.05) is 0 Å². The van der Waals surface area contributed by atoms with Crippen LogP contribution in [0.1, 0.15) is 37.9 Å². The van der Waals surface area contributed by atoms with Crippen molar-refractivity contribution in [1.82, 2.24) is 0 Å². The van der Waals surface area contributed by atoms with E-state index in [0.717, 1.165) is 24.8 Å². The van der Waals surface area contributed by atoms with Gasteiger partial charge < -0.3 is 5.11 Å². The molecule has 0 amide bonds. The molecule has 0 aromatic heterocycles. The van der Waals surface area contributed by atoms with Gasteiger partial charge in [-0.1, -0.05) is 19.9 Å². The molecule has 0 fully saturated rings. The lowest BCUT2D eigenvalue weighted by molar-refractivity contribution is -0.384.